The summed E-state index contributed by atoms with van der Waals surface area (Å²) in [5.74, 6) is 0.00712. The summed E-state index contributed by atoms with van der Waals surface area (Å²) in [6.45, 7) is 4.62. The lowest BCUT2D eigenvalue weighted by Crippen LogP contribution is -2.32. The fourth-order valence-corrected chi connectivity index (χ4v) is 2.66. The van der Waals surface area contributed by atoms with Crippen LogP contribution in [0.15, 0.2) is 53.9 Å². The molecule has 2 N–H and O–H groups in total. The van der Waals surface area contributed by atoms with Gasteiger partial charge in [0.25, 0.3) is 0 Å². The van der Waals surface area contributed by atoms with E-state index in [1.165, 1.54) is 11.1 Å². The number of hydrogen-bond acceptors (Lipinski definition) is 3. The fraction of sp³-hybridized carbons (Fsp3) is 0.263. The molecule has 118 valence electrons. The molecule has 2 aromatic rings. The van der Waals surface area contributed by atoms with Crippen LogP contribution < -0.4 is 10.6 Å². The minimum absolute atomic E-state index is 0.00712. The van der Waals surface area contributed by atoms with E-state index in [4.69, 9.17) is 0 Å². The first-order valence-corrected chi connectivity index (χ1v) is 7.87. The standard InChI is InChI=1S/C19H21N3O/c1-13-3-5-15(6-4-13)11-17-12-16(7-9-20-17)22-18-8-10-21-19(23)14(18)2/h3-7,9,12H,8,10-11H2,1-2H3,(H,20,22)(H,21,23). The van der Waals surface area contributed by atoms with Crippen LogP contribution in [0.4, 0.5) is 5.69 Å². The number of nitrogens with one attached hydrogen (secondary N) is 2. The maximum Gasteiger partial charge on any atom is 0.248 e. The lowest BCUT2D eigenvalue weighted by atomic mass is 10.1. The summed E-state index contributed by atoms with van der Waals surface area (Å²) < 4.78 is 0. The zero-order valence-corrected chi connectivity index (χ0v) is 13.5. The summed E-state index contributed by atoms with van der Waals surface area (Å²) in [7, 11) is 0. The fourth-order valence-electron chi connectivity index (χ4n) is 2.66. The van der Waals surface area contributed by atoms with E-state index in [0.29, 0.717) is 6.54 Å². The highest BCUT2D eigenvalue weighted by Gasteiger charge is 2.16. The van der Waals surface area contributed by atoms with E-state index in [-0.39, 0.29) is 5.91 Å². The summed E-state index contributed by atoms with van der Waals surface area (Å²) in [5.41, 5.74) is 6.24. The van der Waals surface area contributed by atoms with Crippen LogP contribution in [0.2, 0.25) is 0 Å². The monoisotopic (exact) mass is 307 g/mol. The lowest BCUT2D eigenvalue weighted by Gasteiger charge is -2.20. The Hall–Kier alpha value is -2.62. The van der Waals surface area contributed by atoms with Crippen LogP contribution in [0.3, 0.4) is 0 Å². The van der Waals surface area contributed by atoms with Crippen molar-refractivity contribution in [2.75, 3.05) is 11.9 Å². The second kappa shape index (κ2) is 6.65. The Morgan fingerprint density at radius 3 is 2.74 bits per heavy atom. The van der Waals surface area contributed by atoms with E-state index in [0.717, 1.165) is 35.5 Å². The van der Waals surface area contributed by atoms with Gasteiger partial charge in [0, 0.05) is 48.2 Å². The van der Waals surface area contributed by atoms with Gasteiger partial charge in [-0.15, -0.1) is 0 Å². The second-order valence-electron chi connectivity index (χ2n) is 5.93. The molecular weight excluding hydrogens is 286 g/mol. The van der Waals surface area contributed by atoms with Crippen LogP contribution in [0.5, 0.6) is 0 Å². The first kappa shape index (κ1) is 15.3. The summed E-state index contributed by atoms with van der Waals surface area (Å²) in [5, 5.41) is 6.22. The summed E-state index contributed by atoms with van der Waals surface area (Å²) >= 11 is 0. The summed E-state index contributed by atoms with van der Waals surface area (Å²) in [4.78, 5) is 16.2. The number of hydrogen-bond donors (Lipinski definition) is 2. The average molecular weight is 307 g/mol. The van der Waals surface area contributed by atoms with Crippen LogP contribution in [0, 0.1) is 6.92 Å². The van der Waals surface area contributed by atoms with Gasteiger partial charge >= 0.3 is 0 Å². The van der Waals surface area contributed by atoms with Crippen LogP contribution in [0.25, 0.3) is 0 Å². The van der Waals surface area contributed by atoms with Crippen LogP contribution in [-0.4, -0.2) is 17.4 Å². The molecule has 4 heteroatoms. The van der Waals surface area contributed by atoms with Crippen molar-refractivity contribution in [1.29, 1.82) is 0 Å². The van der Waals surface area contributed by atoms with Crippen molar-refractivity contribution in [2.24, 2.45) is 0 Å². The molecule has 0 saturated carbocycles. The molecule has 0 unspecified atom stereocenters. The van der Waals surface area contributed by atoms with Crippen molar-refractivity contribution in [3.05, 3.63) is 70.7 Å². The third-order valence-electron chi connectivity index (χ3n) is 4.07. The van der Waals surface area contributed by atoms with E-state index >= 15 is 0 Å². The molecule has 0 bridgehead atoms. The molecule has 4 nitrogen and oxygen atoms in total. The number of carbonyl (C=O) groups is 1. The summed E-state index contributed by atoms with van der Waals surface area (Å²) in [6, 6.07) is 12.5. The smallest absolute Gasteiger partial charge is 0.248 e. The first-order chi connectivity index (χ1) is 11.1. The van der Waals surface area contributed by atoms with E-state index in [1.54, 1.807) is 0 Å². The van der Waals surface area contributed by atoms with E-state index in [9.17, 15) is 4.79 Å². The Morgan fingerprint density at radius 2 is 1.96 bits per heavy atom. The molecule has 0 radical (unpaired) electrons. The highest BCUT2D eigenvalue weighted by Crippen LogP contribution is 2.19. The van der Waals surface area contributed by atoms with Gasteiger partial charge in [-0.25, -0.2) is 0 Å². The van der Waals surface area contributed by atoms with Gasteiger partial charge < -0.3 is 10.6 Å². The number of pyridine rings is 1. The molecule has 1 aromatic heterocycles. The number of carbonyl (C=O) groups excluding carboxylic acids is 1. The number of benzene rings is 1. The topological polar surface area (TPSA) is 54.0 Å². The molecule has 0 fully saturated rings. The Balaban J connectivity index is 1.76. The van der Waals surface area contributed by atoms with Crippen molar-refractivity contribution in [3.8, 4) is 0 Å². The second-order valence-corrected chi connectivity index (χ2v) is 5.93. The molecular formula is C19H21N3O. The van der Waals surface area contributed by atoms with Crippen molar-refractivity contribution in [1.82, 2.24) is 10.3 Å². The predicted molar refractivity (Wildman–Crippen MR) is 92.2 cm³/mol. The van der Waals surface area contributed by atoms with Gasteiger partial charge in [0.1, 0.15) is 0 Å². The first-order valence-electron chi connectivity index (χ1n) is 7.87. The van der Waals surface area contributed by atoms with Gasteiger partial charge in [-0.3, -0.25) is 9.78 Å². The minimum Gasteiger partial charge on any atom is -0.358 e. The molecule has 0 saturated heterocycles. The van der Waals surface area contributed by atoms with Gasteiger partial charge in [-0.2, -0.15) is 0 Å². The molecule has 0 atom stereocenters. The highest BCUT2D eigenvalue weighted by molar-refractivity contribution is 5.95. The minimum atomic E-state index is 0.00712. The van der Waals surface area contributed by atoms with Gasteiger partial charge in [0.05, 0.1) is 0 Å². The molecule has 1 aliphatic heterocycles. The summed E-state index contributed by atoms with van der Waals surface area (Å²) in [6.07, 6.45) is 3.44. The zero-order valence-electron chi connectivity index (χ0n) is 13.5. The number of anilines is 1. The third-order valence-corrected chi connectivity index (χ3v) is 4.07. The maximum atomic E-state index is 11.7. The van der Waals surface area contributed by atoms with Gasteiger partial charge in [0.2, 0.25) is 5.91 Å². The number of nitrogens with zero attached hydrogens (tertiary/aromatic N) is 1. The molecule has 1 aliphatic rings. The molecule has 1 amide bonds. The van der Waals surface area contributed by atoms with Gasteiger partial charge in [0.15, 0.2) is 0 Å². The van der Waals surface area contributed by atoms with Crippen molar-refractivity contribution in [3.63, 3.8) is 0 Å². The van der Waals surface area contributed by atoms with E-state index in [2.05, 4.69) is 46.8 Å². The number of aryl methyl sites for hydroxylation is 1. The van der Waals surface area contributed by atoms with Gasteiger partial charge in [-0.1, -0.05) is 29.8 Å². The Kier molecular flexibility index (Phi) is 4.42. The van der Waals surface area contributed by atoms with Crippen molar-refractivity contribution < 1.29 is 4.79 Å². The van der Waals surface area contributed by atoms with Crippen LogP contribution in [-0.2, 0) is 11.2 Å². The Bertz CT molecular complexity index is 747. The Morgan fingerprint density at radius 1 is 1.17 bits per heavy atom. The maximum absolute atomic E-state index is 11.7. The molecule has 0 spiro atoms. The normalized spacial score (nSPS) is 14.6. The van der Waals surface area contributed by atoms with Crippen LogP contribution in [0.1, 0.15) is 30.2 Å². The highest BCUT2D eigenvalue weighted by atomic mass is 16.1. The molecule has 0 aliphatic carbocycles. The van der Waals surface area contributed by atoms with Crippen molar-refractivity contribution >= 4 is 11.6 Å². The Labute approximate surface area is 136 Å². The molecule has 1 aromatic carbocycles. The number of amides is 1. The average Bonchev–Trinajstić information content (AvgIpc) is 2.54. The number of rotatable bonds is 4. The van der Waals surface area contributed by atoms with E-state index in [1.807, 2.05) is 25.3 Å². The largest absolute Gasteiger partial charge is 0.358 e. The predicted octanol–water partition coefficient (Wildman–Crippen LogP) is 3.19. The molecule has 23 heavy (non-hydrogen) atoms. The molecule has 2 heterocycles. The van der Waals surface area contributed by atoms with Crippen LogP contribution >= 0.6 is 0 Å². The zero-order chi connectivity index (χ0) is 16.2. The van der Waals surface area contributed by atoms with E-state index < -0.39 is 0 Å². The number of aromatic nitrogens is 1. The van der Waals surface area contributed by atoms with Crippen molar-refractivity contribution in [2.45, 2.75) is 26.7 Å². The van der Waals surface area contributed by atoms with Gasteiger partial charge in [-0.05, 0) is 31.5 Å². The lowest BCUT2D eigenvalue weighted by molar-refractivity contribution is -0.117. The third kappa shape index (κ3) is 3.77. The molecule has 3 rings (SSSR count). The SMILES string of the molecule is CC1=C(Nc2ccnc(Cc3ccc(C)cc3)c2)CCNC1=O. The quantitative estimate of drug-likeness (QED) is 0.912.